The monoisotopic (exact) mass is 258 g/mol. The third-order valence-corrected chi connectivity index (χ3v) is 2.96. The molecular formula is C15H18N2O2. The molecule has 2 aromatic rings. The molecule has 19 heavy (non-hydrogen) atoms. The van der Waals surface area contributed by atoms with Gasteiger partial charge in [-0.25, -0.2) is 4.98 Å². The Kier molecular flexibility index (Phi) is 4.36. The molecule has 2 rings (SSSR count). The van der Waals surface area contributed by atoms with Gasteiger partial charge in [0.25, 0.3) is 0 Å². The minimum Gasteiger partial charge on any atom is -0.496 e. The topological polar surface area (TPSA) is 68.4 Å². The predicted molar refractivity (Wildman–Crippen MR) is 75.1 cm³/mol. The molecule has 0 aliphatic rings. The smallest absolute Gasteiger partial charge is 0.123 e. The van der Waals surface area contributed by atoms with Crippen LogP contribution in [0.2, 0.25) is 0 Å². The van der Waals surface area contributed by atoms with E-state index in [2.05, 4.69) is 4.98 Å². The minimum absolute atomic E-state index is 0.474. The molecule has 1 heterocycles. The van der Waals surface area contributed by atoms with Crippen molar-refractivity contribution in [3.05, 3.63) is 53.7 Å². The zero-order valence-corrected chi connectivity index (χ0v) is 10.9. The summed E-state index contributed by atoms with van der Waals surface area (Å²) in [7, 11) is 1.63. The molecule has 0 saturated heterocycles. The molecule has 0 radical (unpaired) electrons. The number of nitrogen functional groups attached to an aromatic ring is 1. The molecule has 0 saturated carbocycles. The normalized spacial score (nSPS) is 12.1. The molecule has 0 fully saturated rings. The van der Waals surface area contributed by atoms with Crippen molar-refractivity contribution >= 4 is 5.82 Å². The van der Waals surface area contributed by atoms with Crippen molar-refractivity contribution < 1.29 is 9.84 Å². The molecule has 0 bridgehead atoms. The molecule has 1 aromatic heterocycles. The van der Waals surface area contributed by atoms with Crippen LogP contribution in [-0.4, -0.2) is 23.3 Å². The molecular weight excluding hydrogens is 240 g/mol. The first-order chi connectivity index (χ1) is 9.19. The molecule has 100 valence electrons. The van der Waals surface area contributed by atoms with Gasteiger partial charge in [-0.05, 0) is 35.7 Å². The van der Waals surface area contributed by atoms with E-state index in [1.165, 1.54) is 0 Å². The van der Waals surface area contributed by atoms with Crippen LogP contribution in [0.3, 0.4) is 0 Å². The zero-order valence-electron chi connectivity index (χ0n) is 10.9. The van der Waals surface area contributed by atoms with Gasteiger partial charge in [-0.3, -0.25) is 0 Å². The van der Waals surface area contributed by atoms with E-state index in [4.69, 9.17) is 10.5 Å². The largest absolute Gasteiger partial charge is 0.496 e. The lowest BCUT2D eigenvalue weighted by Crippen LogP contribution is -2.14. The van der Waals surface area contributed by atoms with E-state index < -0.39 is 6.10 Å². The van der Waals surface area contributed by atoms with Gasteiger partial charge in [0.1, 0.15) is 11.6 Å². The van der Waals surface area contributed by atoms with Crippen molar-refractivity contribution in [3.63, 3.8) is 0 Å². The molecule has 4 heteroatoms. The number of ether oxygens (including phenoxy) is 1. The first-order valence-electron chi connectivity index (χ1n) is 6.19. The van der Waals surface area contributed by atoms with Crippen LogP contribution < -0.4 is 10.5 Å². The standard InChI is InChI=1S/C15H18N2O2/c1-19-14-5-3-2-4-12(14)10-13(18)8-11-6-7-17-15(16)9-11/h2-7,9,13,18H,8,10H2,1H3,(H2,16,17). The average Bonchev–Trinajstić information content (AvgIpc) is 2.39. The van der Waals surface area contributed by atoms with Gasteiger partial charge < -0.3 is 15.6 Å². The molecule has 1 aromatic carbocycles. The fourth-order valence-corrected chi connectivity index (χ4v) is 2.09. The van der Waals surface area contributed by atoms with Crippen LogP contribution in [0.1, 0.15) is 11.1 Å². The van der Waals surface area contributed by atoms with E-state index >= 15 is 0 Å². The Morgan fingerprint density at radius 3 is 2.79 bits per heavy atom. The SMILES string of the molecule is COc1ccccc1CC(O)Cc1ccnc(N)c1. The lowest BCUT2D eigenvalue weighted by molar-refractivity contribution is 0.174. The second-order valence-electron chi connectivity index (χ2n) is 4.46. The van der Waals surface area contributed by atoms with Crippen LogP contribution in [0, 0.1) is 0 Å². The van der Waals surface area contributed by atoms with E-state index in [1.54, 1.807) is 19.4 Å². The number of aliphatic hydroxyl groups excluding tert-OH is 1. The van der Waals surface area contributed by atoms with Gasteiger partial charge in [-0.2, -0.15) is 0 Å². The molecule has 1 atom stereocenters. The highest BCUT2D eigenvalue weighted by Crippen LogP contribution is 2.20. The van der Waals surface area contributed by atoms with Crippen LogP contribution in [-0.2, 0) is 12.8 Å². The van der Waals surface area contributed by atoms with Crippen LogP contribution in [0.4, 0.5) is 5.82 Å². The summed E-state index contributed by atoms with van der Waals surface area (Å²) in [6.45, 7) is 0. The molecule has 4 nitrogen and oxygen atoms in total. The number of hydrogen-bond acceptors (Lipinski definition) is 4. The fraction of sp³-hybridized carbons (Fsp3) is 0.267. The lowest BCUT2D eigenvalue weighted by atomic mass is 10.0. The molecule has 1 unspecified atom stereocenters. The van der Waals surface area contributed by atoms with E-state index in [-0.39, 0.29) is 0 Å². The van der Waals surface area contributed by atoms with Crippen molar-refractivity contribution in [3.8, 4) is 5.75 Å². The maximum Gasteiger partial charge on any atom is 0.123 e. The first-order valence-corrected chi connectivity index (χ1v) is 6.19. The Morgan fingerprint density at radius 1 is 1.26 bits per heavy atom. The number of benzene rings is 1. The van der Waals surface area contributed by atoms with Crippen molar-refractivity contribution in [2.24, 2.45) is 0 Å². The van der Waals surface area contributed by atoms with Crippen LogP contribution in [0.5, 0.6) is 5.75 Å². The number of methoxy groups -OCH3 is 1. The van der Waals surface area contributed by atoms with Crippen LogP contribution in [0.15, 0.2) is 42.6 Å². The Hall–Kier alpha value is -2.07. The number of pyridine rings is 1. The molecule has 0 amide bonds. The quantitative estimate of drug-likeness (QED) is 0.858. The number of nitrogens with zero attached hydrogens (tertiary/aromatic N) is 1. The Bertz CT molecular complexity index is 543. The summed E-state index contributed by atoms with van der Waals surface area (Å²) in [6.07, 6.45) is 2.27. The highest BCUT2D eigenvalue weighted by Gasteiger charge is 2.10. The fourth-order valence-electron chi connectivity index (χ4n) is 2.09. The summed E-state index contributed by atoms with van der Waals surface area (Å²) in [5.41, 5.74) is 7.60. The van der Waals surface area contributed by atoms with Crippen molar-refractivity contribution in [1.29, 1.82) is 0 Å². The molecule has 0 spiro atoms. The number of para-hydroxylation sites is 1. The molecule has 0 aliphatic heterocycles. The van der Waals surface area contributed by atoms with E-state index in [0.717, 1.165) is 16.9 Å². The van der Waals surface area contributed by atoms with Gasteiger partial charge >= 0.3 is 0 Å². The van der Waals surface area contributed by atoms with Gasteiger partial charge in [-0.1, -0.05) is 18.2 Å². The summed E-state index contributed by atoms with van der Waals surface area (Å²) in [4.78, 5) is 3.93. The number of aromatic nitrogens is 1. The number of rotatable bonds is 5. The predicted octanol–water partition coefficient (Wildman–Crippen LogP) is 1.82. The van der Waals surface area contributed by atoms with E-state index in [0.29, 0.717) is 18.7 Å². The Balaban J connectivity index is 2.03. The van der Waals surface area contributed by atoms with Gasteiger partial charge in [-0.15, -0.1) is 0 Å². The number of hydrogen-bond donors (Lipinski definition) is 2. The maximum absolute atomic E-state index is 10.2. The van der Waals surface area contributed by atoms with Crippen molar-refractivity contribution in [2.75, 3.05) is 12.8 Å². The Labute approximate surface area is 112 Å². The average molecular weight is 258 g/mol. The van der Waals surface area contributed by atoms with Gasteiger partial charge in [0.2, 0.25) is 0 Å². The van der Waals surface area contributed by atoms with E-state index in [9.17, 15) is 5.11 Å². The number of nitrogens with two attached hydrogens (primary N) is 1. The molecule has 3 N–H and O–H groups in total. The lowest BCUT2D eigenvalue weighted by Gasteiger charge is -2.13. The third-order valence-electron chi connectivity index (χ3n) is 2.96. The van der Waals surface area contributed by atoms with Gasteiger partial charge in [0.15, 0.2) is 0 Å². The van der Waals surface area contributed by atoms with Crippen molar-refractivity contribution in [2.45, 2.75) is 18.9 Å². The highest BCUT2D eigenvalue weighted by atomic mass is 16.5. The second-order valence-corrected chi connectivity index (χ2v) is 4.46. The van der Waals surface area contributed by atoms with E-state index in [1.807, 2.05) is 30.3 Å². The summed E-state index contributed by atoms with van der Waals surface area (Å²) in [6, 6.07) is 11.4. The third kappa shape index (κ3) is 3.69. The Morgan fingerprint density at radius 2 is 2.05 bits per heavy atom. The minimum atomic E-state index is -0.474. The summed E-state index contributed by atoms with van der Waals surface area (Å²) in [5, 5.41) is 10.2. The summed E-state index contributed by atoms with van der Waals surface area (Å²) < 4.78 is 5.27. The zero-order chi connectivity index (χ0) is 13.7. The molecule has 0 aliphatic carbocycles. The first kappa shape index (κ1) is 13.4. The van der Waals surface area contributed by atoms with Crippen LogP contribution in [0.25, 0.3) is 0 Å². The number of anilines is 1. The highest BCUT2D eigenvalue weighted by molar-refractivity contribution is 5.35. The van der Waals surface area contributed by atoms with Crippen LogP contribution >= 0.6 is 0 Å². The summed E-state index contributed by atoms with van der Waals surface area (Å²) >= 11 is 0. The summed E-state index contributed by atoms with van der Waals surface area (Å²) in [5.74, 6) is 1.28. The van der Waals surface area contributed by atoms with Gasteiger partial charge in [0, 0.05) is 12.6 Å². The van der Waals surface area contributed by atoms with Crippen molar-refractivity contribution in [1.82, 2.24) is 4.98 Å². The van der Waals surface area contributed by atoms with Gasteiger partial charge in [0.05, 0.1) is 13.2 Å². The maximum atomic E-state index is 10.2. The number of aliphatic hydroxyl groups is 1. The second kappa shape index (κ2) is 6.20.